The molecule has 5 aromatic rings. The number of aromatic nitrogens is 5. The molecule has 11 heteroatoms. The Balaban J connectivity index is 1.28. The van der Waals surface area contributed by atoms with E-state index in [0.717, 1.165) is 30.2 Å². The second kappa shape index (κ2) is 10.5. The summed E-state index contributed by atoms with van der Waals surface area (Å²) in [6.07, 6.45) is 1.55. The Hall–Kier alpha value is -4.77. The van der Waals surface area contributed by atoms with Crippen LogP contribution < -0.4 is 15.0 Å². The Morgan fingerprint density at radius 3 is 2.67 bits per heavy atom. The third kappa shape index (κ3) is 5.16. The minimum absolute atomic E-state index is 0.307. The van der Waals surface area contributed by atoms with Crippen LogP contribution in [0.25, 0.3) is 22.6 Å². The molecule has 198 valence electrons. The van der Waals surface area contributed by atoms with Gasteiger partial charge in [0.05, 0.1) is 37.9 Å². The van der Waals surface area contributed by atoms with Gasteiger partial charge in [-0.15, -0.1) is 0 Å². The average Bonchev–Trinajstić information content (AvgIpc) is 3.59. The highest BCUT2D eigenvalue weighted by Crippen LogP contribution is 2.26. The van der Waals surface area contributed by atoms with Crippen LogP contribution in [-0.2, 0) is 11.3 Å². The number of amides is 1. The molecule has 1 aliphatic heterocycles. The second-order valence-electron chi connectivity index (χ2n) is 9.10. The second-order valence-corrected chi connectivity index (χ2v) is 9.10. The number of fused-ring (bicyclic) bond motifs is 1. The lowest BCUT2D eigenvalue weighted by Gasteiger charge is -2.27. The van der Waals surface area contributed by atoms with Gasteiger partial charge in [0.25, 0.3) is 5.91 Å². The summed E-state index contributed by atoms with van der Waals surface area (Å²) in [6, 6.07) is 17.6. The van der Waals surface area contributed by atoms with Crippen LogP contribution in [0.4, 0.5) is 16.0 Å². The highest BCUT2D eigenvalue weighted by atomic mass is 19.1. The molecule has 1 fully saturated rings. The molecule has 0 spiro atoms. The molecule has 0 saturated carbocycles. The number of aromatic amines is 1. The number of ether oxygens (including phenoxy) is 2. The van der Waals surface area contributed by atoms with Gasteiger partial charge >= 0.3 is 0 Å². The first-order valence-corrected chi connectivity index (χ1v) is 12.5. The zero-order valence-corrected chi connectivity index (χ0v) is 21.2. The Labute approximate surface area is 223 Å². The lowest BCUT2D eigenvalue weighted by molar-refractivity contribution is 0.102. The van der Waals surface area contributed by atoms with Gasteiger partial charge in [0.15, 0.2) is 11.6 Å². The van der Waals surface area contributed by atoms with Gasteiger partial charge < -0.3 is 24.7 Å². The van der Waals surface area contributed by atoms with E-state index in [1.54, 1.807) is 42.3 Å². The number of morpholine rings is 1. The van der Waals surface area contributed by atoms with E-state index in [1.165, 1.54) is 6.07 Å². The fourth-order valence-corrected chi connectivity index (χ4v) is 4.50. The van der Waals surface area contributed by atoms with Crippen LogP contribution >= 0.6 is 0 Å². The Morgan fingerprint density at radius 2 is 1.95 bits per heavy atom. The number of pyridine rings is 1. The maximum absolute atomic E-state index is 14.4. The van der Waals surface area contributed by atoms with Crippen LogP contribution in [0, 0.1) is 5.82 Å². The van der Waals surface area contributed by atoms with Crippen LogP contribution in [0.2, 0.25) is 0 Å². The number of carbonyl (C=O) groups is 1. The minimum Gasteiger partial charge on any atom is -0.497 e. The van der Waals surface area contributed by atoms with Crippen molar-refractivity contribution in [2.45, 2.75) is 6.54 Å². The van der Waals surface area contributed by atoms with Crippen LogP contribution in [0.3, 0.4) is 0 Å². The van der Waals surface area contributed by atoms with Crippen molar-refractivity contribution in [2.75, 3.05) is 43.6 Å². The van der Waals surface area contributed by atoms with Crippen LogP contribution in [0.5, 0.6) is 5.75 Å². The molecule has 0 unspecified atom stereocenters. The van der Waals surface area contributed by atoms with E-state index in [4.69, 9.17) is 9.47 Å². The molecule has 1 saturated heterocycles. The molecule has 6 rings (SSSR count). The smallest absolute Gasteiger partial charge is 0.258 e. The van der Waals surface area contributed by atoms with Crippen LogP contribution in [-0.4, -0.2) is 64.1 Å². The Morgan fingerprint density at radius 1 is 1.13 bits per heavy atom. The first-order valence-electron chi connectivity index (χ1n) is 12.5. The van der Waals surface area contributed by atoms with Crippen molar-refractivity contribution >= 4 is 28.6 Å². The summed E-state index contributed by atoms with van der Waals surface area (Å²) in [7, 11) is 1.61. The van der Waals surface area contributed by atoms with Crippen molar-refractivity contribution in [2.24, 2.45) is 0 Å². The highest BCUT2D eigenvalue weighted by Gasteiger charge is 2.18. The summed E-state index contributed by atoms with van der Waals surface area (Å²) < 4.78 is 26.7. The molecule has 1 amide bonds. The number of hydrogen-bond acceptors (Lipinski definition) is 7. The predicted molar refractivity (Wildman–Crippen MR) is 145 cm³/mol. The van der Waals surface area contributed by atoms with E-state index in [-0.39, 0.29) is 5.91 Å². The number of nitrogens with one attached hydrogen (secondary N) is 2. The van der Waals surface area contributed by atoms with E-state index in [9.17, 15) is 9.18 Å². The molecule has 0 aliphatic carbocycles. The van der Waals surface area contributed by atoms with Gasteiger partial charge in [-0.25, -0.2) is 14.4 Å². The third-order valence-corrected chi connectivity index (χ3v) is 6.57. The Kier molecular flexibility index (Phi) is 6.64. The number of hydrogen-bond donors (Lipinski definition) is 2. The van der Waals surface area contributed by atoms with Gasteiger partial charge in [-0.1, -0.05) is 18.2 Å². The fourth-order valence-electron chi connectivity index (χ4n) is 4.50. The summed E-state index contributed by atoms with van der Waals surface area (Å²) >= 11 is 0. The number of anilines is 2. The predicted octanol–water partition coefficient (Wildman–Crippen LogP) is 4.11. The molecule has 3 aromatic heterocycles. The normalized spacial score (nSPS) is 13.5. The maximum atomic E-state index is 14.4. The summed E-state index contributed by atoms with van der Waals surface area (Å²) in [5.74, 6) is 1.59. The van der Waals surface area contributed by atoms with E-state index >= 15 is 0 Å². The van der Waals surface area contributed by atoms with E-state index in [1.807, 2.05) is 30.3 Å². The topological polar surface area (TPSA) is 110 Å². The zero-order chi connectivity index (χ0) is 26.8. The first kappa shape index (κ1) is 24.6. The van der Waals surface area contributed by atoms with Gasteiger partial charge in [-0.2, -0.15) is 5.10 Å². The quantitative estimate of drug-likeness (QED) is 0.328. The van der Waals surface area contributed by atoms with Gasteiger partial charge in [0, 0.05) is 25.4 Å². The number of halogens is 1. The molecule has 0 radical (unpaired) electrons. The highest BCUT2D eigenvalue weighted by molar-refractivity contribution is 6.03. The largest absolute Gasteiger partial charge is 0.497 e. The summed E-state index contributed by atoms with van der Waals surface area (Å²) in [5, 5.41) is 7.49. The number of imidazole rings is 1. The zero-order valence-electron chi connectivity index (χ0n) is 21.2. The summed E-state index contributed by atoms with van der Waals surface area (Å²) in [4.78, 5) is 27.3. The molecule has 4 heterocycles. The Bertz CT molecular complexity index is 1610. The molecular formula is C28H26FN7O3. The van der Waals surface area contributed by atoms with Gasteiger partial charge in [0.2, 0.25) is 0 Å². The SMILES string of the molecule is COc1ccc(Cn2nc(NC(=O)c3ccc(N4CCOCC4)nc3)cc2-c2nc3cccc(F)c3[nH]2)cc1. The van der Waals surface area contributed by atoms with E-state index in [0.29, 0.717) is 53.7 Å². The molecule has 0 bridgehead atoms. The first-order chi connectivity index (χ1) is 19.1. The monoisotopic (exact) mass is 527 g/mol. The van der Waals surface area contributed by atoms with Crippen molar-refractivity contribution in [3.8, 4) is 17.3 Å². The molecule has 1 aliphatic rings. The van der Waals surface area contributed by atoms with Crippen LogP contribution in [0.15, 0.2) is 66.9 Å². The van der Waals surface area contributed by atoms with Crippen molar-refractivity contribution < 1.29 is 18.7 Å². The van der Waals surface area contributed by atoms with Gasteiger partial charge in [-0.3, -0.25) is 9.48 Å². The fraction of sp³-hybridized carbons (Fsp3) is 0.214. The number of H-pyrrole nitrogens is 1. The van der Waals surface area contributed by atoms with Crippen molar-refractivity contribution in [3.63, 3.8) is 0 Å². The van der Waals surface area contributed by atoms with Gasteiger partial charge in [0.1, 0.15) is 28.6 Å². The van der Waals surface area contributed by atoms with Crippen molar-refractivity contribution in [1.82, 2.24) is 24.7 Å². The number of carbonyl (C=O) groups excluding carboxylic acids is 1. The summed E-state index contributed by atoms with van der Waals surface area (Å²) in [6.45, 7) is 3.23. The third-order valence-electron chi connectivity index (χ3n) is 6.57. The standard InChI is InChI=1S/C28H26FN7O3/c1-38-20-8-5-18(6-9-20)17-36-23(27-31-22-4-2-3-21(29)26(22)33-27)15-24(34-36)32-28(37)19-7-10-25(30-16-19)35-11-13-39-14-12-35/h2-10,15-16H,11-14,17H2,1H3,(H,31,33)(H,32,34,37). The maximum Gasteiger partial charge on any atom is 0.258 e. The molecule has 2 N–H and O–H groups in total. The minimum atomic E-state index is -0.394. The van der Waals surface area contributed by atoms with E-state index in [2.05, 4.69) is 30.3 Å². The van der Waals surface area contributed by atoms with Crippen molar-refractivity contribution in [1.29, 1.82) is 0 Å². The number of benzene rings is 2. The molecular weight excluding hydrogens is 501 g/mol. The molecule has 39 heavy (non-hydrogen) atoms. The summed E-state index contributed by atoms with van der Waals surface area (Å²) in [5.41, 5.74) is 2.77. The lowest BCUT2D eigenvalue weighted by Crippen LogP contribution is -2.36. The number of para-hydroxylation sites is 1. The molecule has 2 aromatic carbocycles. The molecule has 10 nitrogen and oxygen atoms in total. The number of methoxy groups -OCH3 is 1. The number of rotatable bonds is 7. The lowest BCUT2D eigenvalue weighted by atomic mass is 10.2. The van der Waals surface area contributed by atoms with Crippen molar-refractivity contribution in [3.05, 3.63) is 83.8 Å². The number of nitrogens with zero attached hydrogens (tertiary/aromatic N) is 5. The van der Waals surface area contributed by atoms with Gasteiger partial charge in [-0.05, 0) is 42.0 Å². The average molecular weight is 528 g/mol. The van der Waals surface area contributed by atoms with Crippen LogP contribution in [0.1, 0.15) is 15.9 Å². The molecule has 0 atom stereocenters. The van der Waals surface area contributed by atoms with E-state index < -0.39 is 5.82 Å².